The topological polar surface area (TPSA) is 96.1 Å². The number of hydrogen-bond donors (Lipinski definition) is 2. The molecule has 1 aliphatic rings. The third kappa shape index (κ3) is 2.96. The van der Waals surface area contributed by atoms with Crippen molar-refractivity contribution in [1.29, 1.82) is 0 Å². The Balaban J connectivity index is 1.91. The molecule has 0 fully saturated rings. The Morgan fingerprint density at radius 2 is 1.78 bits per heavy atom. The lowest BCUT2D eigenvalue weighted by Crippen LogP contribution is -2.16. The number of hydrogen-bond acceptors (Lipinski definition) is 5. The molecule has 0 saturated heterocycles. The lowest BCUT2D eigenvalue weighted by molar-refractivity contribution is -0.110. The molecule has 1 aromatic heterocycles. The third-order valence-corrected chi connectivity index (χ3v) is 5.26. The van der Waals surface area contributed by atoms with E-state index in [1.807, 2.05) is 42.5 Å². The minimum atomic E-state index is -1.03. The van der Waals surface area contributed by atoms with Crippen LogP contribution in [0.15, 0.2) is 64.8 Å². The normalized spacial score (nSPS) is 15.1. The summed E-state index contributed by atoms with van der Waals surface area (Å²) in [7, 11) is 0. The van der Waals surface area contributed by atoms with Crippen molar-refractivity contribution >= 4 is 34.6 Å². The van der Waals surface area contributed by atoms with Gasteiger partial charge in [0.25, 0.3) is 5.91 Å². The van der Waals surface area contributed by atoms with Gasteiger partial charge in [0.05, 0.1) is 5.69 Å². The second-order valence-corrected chi connectivity index (χ2v) is 6.80. The molecular formula is C19H14N4O3S. The van der Waals surface area contributed by atoms with Gasteiger partial charge in [0.1, 0.15) is 4.88 Å². The molecule has 0 radical (unpaired) electrons. The SMILES string of the molecule is Cc1c(C(=O)O)s/c(=N\N=C2/C(=O)Nc3ccccc32)n1-c1ccccc1. The van der Waals surface area contributed by atoms with Gasteiger partial charge in [-0.3, -0.25) is 9.36 Å². The van der Waals surface area contributed by atoms with E-state index in [2.05, 4.69) is 15.5 Å². The van der Waals surface area contributed by atoms with E-state index in [0.29, 0.717) is 21.7 Å². The van der Waals surface area contributed by atoms with Gasteiger partial charge in [-0.25, -0.2) is 4.79 Å². The lowest BCUT2D eigenvalue weighted by Gasteiger charge is -2.05. The minimum absolute atomic E-state index is 0.175. The molecule has 27 heavy (non-hydrogen) atoms. The first kappa shape index (κ1) is 16.9. The summed E-state index contributed by atoms with van der Waals surface area (Å²) < 4.78 is 1.72. The number of aromatic carboxylic acids is 1. The van der Waals surface area contributed by atoms with Gasteiger partial charge in [0.15, 0.2) is 5.71 Å². The Morgan fingerprint density at radius 1 is 1.07 bits per heavy atom. The lowest BCUT2D eigenvalue weighted by atomic mass is 10.1. The van der Waals surface area contributed by atoms with Crippen LogP contribution < -0.4 is 10.1 Å². The zero-order valence-electron chi connectivity index (χ0n) is 14.2. The number of anilines is 1. The molecule has 0 bridgehead atoms. The average molecular weight is 378 g/mol. The molecule has 0 aliphatic carbocycles. The van der Waals surface area contributed by atoms with Crippen LogP contribution in [0.3, 0.4) is 0 Å². The van der Waals surface area contributed by atoms with Crippen LogP contribution in [0.4, 0.5) is 5.69 Å². The smallest absolute Gasteiger partial charge is 0.347 e. The van der Waals surface area contributed by atoms with E-state index in [1.165, 1.54) is 0 Å². The number of thiazole rings is 1. The second kappa shape index (κ2) is 6.65. The zero-order chi connectivity index (χ0) is 19.0. The van der Waals surface area contributed by atoms with Crippen LogP contribution in [0.2, 0.25) is 0 Å². The molecule has 3 aromatic rings. The van der Waals surface area contributed by atoms with Crippen LogP contribution in [0.25, 0.3) is 5.69 Å². The molecule has 4 rings (SSSR count). The maximum Gasteiger partial charge on any atom is 0.347 e. The van der Waals surface area contributed by atoms with E-state index < -0.39 is 5.97 Å². The van der Waals surface area contributed by atoms with Crippen molar-refractivity contribution in [3.05, 3.63) is 75.5 Å². The van der Waals surface area contributed by atoms with Gasteiger partial charge in [-0.1, -0.05) is 47.7 Å². The molecule has 2 heterocycles. The van der Waals surface area contributed by atoms with Gasteiger partial charge in [0, 0.05) is 16.9 Å². The van der Waals surface area contributed by atoms with Gasteiger partial charge >= 0.3 is 5.97 Å². The Bertz CT molecular complexity index is 1160. The number of benzene rings is 2. The fraction of sp³-hybridized carbons (Fsp3) is 0.0526. The highest BCUT2D eigenvalue weighted by atomic mass is 32.1. The van der Waals surface area contributed by atoms with E-state index in [4.69, 9.17) is 0 Å². The van der Waals surface area contributed by atoms with Gasteiger partial charge in [-0.2, -0.15) is 0 Å². The molecule has 0 saturated carbocycles. The predicted molar refractivity (Wildman–Crippen MR) is 103 cm³/mol. The van der Waals surface area contributed by atoms with Crippen LogP contribution in [0.5, 0.6) is 0 Å². The standard InChI is InChI=1S/C19H14N4O3S/c1-11-16(18(25)26)27-19(23(11)12-7-3-2-4-8-12)22-21-15-13-9-5-6-10-14(13)20-17(15)24/h2-10H,1H3,(H,25,26)(H,20,21,24)/b22-19-. The highest BCUT2D eigenvalue weighted by Crippen LogP contribution is 2.23. The van der Waals surface area contributed by atoms with Crippen LogP contribution in [-0.4, -0.2) is 27.3 Å². The maximum atomic E-state index is 12.2. The summed E-state index contributed by atoms with van der Waals surface area (Å²) in [6.45, 7) is 1.72. The van der Waals surface area contributed by atoms with Gasteiger partial charge in [-0.15, -0.1) is 10.2 Å². The Kier molecular flexibility index (Phi) is 4.17. The number of carboxylic acids is 1. The number of amides is 1. The molecule has 0 spiro atoms. The van der Waals surface area contributed by atoms with Crippen LogP contribution in [-0.2, 0) is 4.79 Å². The monoisotopic (exact) mass is 378 g/mol. The van der Waals surface area contributed by atoms with Crippen LogP contribution in [0.1, 0.15) is 20.9 Å². The van der Waals surface area contributed by atoms with Crippen molar-refractivity contribution in [2.24, 2.45) is 10.2 Å². The Hall–Kier alpha value is -3.52. The summed E-state index contributed by atoms with van der Waals surface area (Å²) in [5, 5.41) is 20.6. The first-order valence-electron chi connectivity index (χ1n) is 8.10. The summed E-state index contributed by atoms with van der Waals surface area (Å²) in [5.74, 6) is -1.36. The summed E-state index contributed by atoms with van der Waals surface area (Å²) in [5.41, 5.74) is 2.88. The summed E-state index contributed by atoms with van der Waals surface area (Å²) >= 11 is 1.01. The number of nitrogens with one attached hydrogen (secondary N) is 1. The van der Waals surface area contributed by atoms with E-state index in [1.54, 1.807) is 23.6 Å². The van der Waals surface area contributed by atoms with Crippen molar-refractivity contribution in [3.8, 4) is 5.69 Å². The fourth-order valence-electron chi connectivity index (χ4n) is 2.89. The molecule has 2 N–H and O–H groups in total. The van der Waals surface area contributed by atoms with E-state index in [0.717, 1.165) is 17.0 Å². The zero-order valence-corrected chi connectivity index (χ0v) is 15.0. The molecule has 7 nitrogen and oxygen atoms in total. The summed E-state index contributed by atoms with van der Waals surface area (Å²) in [6, 6.07) is 16.5. The highest BCUT2D eigenvalue weighted by molar-refractivity contribution is 7.11. The molecule has 134 valence electrons. The first-order chi connectivity index (χ1) is 13.1. The molecule has 1 amide bonds. The van der Waals surface area contributed by atoms with Gasteiger partial charge in [-0.05, 0) is 25.1 Å². The number of fused-ring (bicyclic) bond motifs is 1. The van der Waals surface area contributed by atoms with Gasteiger partial charge < -0.3 is 10.4 Å². The van der Waals surface area contributed by atoms with Crippen LogP contribution in [0, 0.1) is 6.92 Å². The van der Waals surface area contributed by atoms with Crippen molar-refractivity contribution < 1.29 is 14.7 Å². The molecule has 0 unspecified atom stereocenters. The van der Waals surface area contributed by atoms with Crippen LogP contribution >= 0.6 is 11.3 Å². The Morgan fingerprint density at radius 3 is 2.52 bits per heavy atom. The minimum Gasteiger partial charge on any atom is -0.477 e. The van der Waals surface area contributed by atoms with E-state index in [-0.39, 0.29) is 16.5 Å². The number of carbonyl (C=O) groups excluding carboxylic acids is 1. The third-order valence-electron chi connectivity index (χ3n) is 4.14. The number of para-hydroxylation sites is 2. The average Bonchev–Trinajstić information content (AvgIpc) is 3.17. The van der Waals surface area contributed by atoms with Gasteiger partial charge in [0.2, 0.25) is 4.80 Å². The second-order valence-electron chi connectivity index (χ2n) is 5.82. The summed E-state index contributed by atoms with van der Waals surface area (Å²) in [4.78, 5) is 24.3. The molecule has 8 heteroatoms. The summed E-state index contributed by atoms with van der Waals surface area (Å²) in [6.07, 6.45) is 0. The molecular weight excluding hydrogens is 364 g/mol. The van der Waals surface area contributed by atoms with E-state index in [9.17, 15) is 14.7 Å². The van der Waals surface area contributed by atoms with E-state index >= 15 is 0 Å². The van der Waals surface area contributed by atoms with Crippen molar-refractivity contribution in [2.45, 2.75) is 6.92 Å². The number of carboxylic acid groups (broad SMARTS) is 1. The molecule has 1 aliphatic heterocycles. The number of carbonyl (C=O) groups is 2. The molecule has 2 aromatic carbocycles. The quantitative estimate of drug-likeness (QED) is 0.686. The maximum absolute atomic E-state index is 12.2. The number of nitrogens with zero attached hydrogens (tertiary/aromatic N) is 3. The Labute approximate surface area is 157 Å². The van der Waals surface area contributed by atoms with Crippen molar-refractivity contribution in [2.75, 3.05) is 5.32 Å². The number of rotatable bonds is 3. The predicted octanol–water partition coefficient (Wildman–Crippen LogP) is 2.80. The fourth-order valence-corrected chi connectivity index (χ4v) is 3.82. The highest BCUT2D eigenvalue weighted by Gasteiger charge is 2.25. The largest absolute Gasteiger partial charge is 0.477 e. The van der Waals surface area contributed by atoms with Crippen molar-refractivity contribution in [1.82, 2.24) is 4.57 Å². The molecule has 0 atom stereocenters. The van der Waals surface area contributed by atoms with Crippen molar-refractivity contribution in [3.63, 3.8) is 0 Å². The number of aromatic nitrogens is 1. The first-order valence-corrected chi connectivity index (χ1v) is 8.91.